The molecule has 1 saturated heterocycles. The maximum absolute atomic E-state index is 12.0. The monoisotopic (exact) mass is 323 g/mol. The first-order valence-corrected chi connectivity index (χ1v) is 7.86. The van der Waals surface area contributed by atoms with E-state index < -0.39 is 5.97 Å². The molecule has 0 aromatic carbocycles. The Morgan fingerprint density at radius 3 is 2.86 bits per heavy atom. The first-order chi connectivity index (χ1) is 10.6. The molecule has 7 heteroatoms. The Bertz CT molecular complexity index is 695. The van der Waals surface area contributed by atoms with Crippen LogP contribution in [0.1, 0.15) is 36.6 Å². The van der Waals surface area contributed by atoms with Gasteiger partial charge in [0.1, 0.15) is 11.3 Å². The van der Waals surface area contributed by atoms with Crippen LogP contribution in [0.4, 0.5) is 0 Å². The SMILES string of the molecule is CC(C)OC(=O)c1ccc2nc(CCl)n(CC3CCO3)c2n1. The number of nitrogens with zero attached hydrogens (tertiary/aromatic N) is 3. The maximum Gasteiger partial charge on any atom is 0.357 e. The van der Waals surface area contributed by atoms with Crippen molar-refractivity contribution in [1.82, 2.24) is 14.5 Å². The number of hydrogen-bond donors (Lipinski definition) is 0. The fraction of sp³-hybridized carbons (Fsp3) is 0.533. The predicted octanol–water partition coefficient (Wildman–Crippen LogP) is 2.52. The molecule has 0 spiro atoms. The van der Waals surface area contributed by atoms with Crippen LogP contribution in [-0.4, -0.2) is 39.3 Å². The number of hydrogen-bond acceptors (Lipinski definition) is 5. The second-order valence-electron chi connectivity index (χ2n) is 5.55. The van der Waals surface area contributed by atoms with Gasteiger partial charge in [0.05, 0.1) is 24.6 Å². The number of halogens is 1. The summed E-state index contributed by atoms with van der Waals surface area (Å²) in [6.45, 7) is 5.04. The minimum absolute atomic E-state index is 0.160. The van der Waals surface area contributed by atoms with Crippen molar-refractivity contribution in [3.63, 3.8) is 0 Å². The fourth-order valence-electron chi connectivity index (χ4n) is 2.36. The maximum atomic E-state index is 12.0. The summed E-state index contributed by atoms with van der Waals surface area (Å²) in [5.74, 6) is 0.584. The molecule has 3 heterocycles. The highest BCUT2D eigenvalue weighted by molar-refractivity contribution is 6.16. The zero-order chi connectivity index (χ0) is 15.7. The minimum Gasteiger partial charge on any atom is -0.458 e. The number of aromatic nitrogens is 3. The smallest absolute Gasteiger partial charge is 0.357 e. The summed E-state index contributed by atoms with van der Waals surface area (Å²) in [4.78, 5) is 20.9. The Balaban J connectivity index is 1.97. The van der Waals surface area contributed by atoms with Gasteiger partial charge in [0.15, 0.2) is 11.3 Å². The van der Waals surface area contributed by atoms with Crippen LogP contribution in [0.25, 0.3) is 11.2 Å². The molecular formula is C15H18ClN3O3. The molecule has 1 unspecified atom stereocenters. The zero-order valence-electron chi connectivity index (χ0n) is 12.6. The van der Waals surface area contributed by atoms with E-state index in [2.05, 4.69) is 9.97 Å². The van der Waals surface area contributed by atoms with E-state index in [-0.39, 0.29) is 23.8 Å². The van der Waals surface area contributed by atoms with E-state index in [9.17, 15) is 4.79 Å². The number of esters is 1. The summed E-state index contributed by atoms with van der Waals surface area (Å²) in [6.07, 6.45) is 0.986. The highest BCUT2D eigenvalue weighted by Gasteiger charge is 2.23. The van der Waals surface area contributed by atoms with Crippen LogP contribution in [-0.2, 0) is 21.9 Å². The summed E-state index contributed by atoms with van der Waals surface area (Å²) in [5, 5.41) is 0. The van der Waals surface area contributed by atoms with Gasteiger partial charge in [-0.1, -0.05) is 0 Å². The summed E-state index contributed by atoms with van der Waals surface area (Å²) >= 11 is 5.98. The van der Waals surface area contributed by atoms with Gasteiger partial charge in [-0.2, -0.15) is 0 Å². The molecule has 1 aliphatic heterocycles. The van der Waals surface area contributed by atoms with Crippen molar-refractivity contribution >= 4 is 28.7 Å². The lowest BCUT2D eigenvalue weighted by Crippen LogP contribution is -2.31. The standard InChI is InChI=1S/C15H18ClN3O3/c1-9(2)22-15(20)12-4-3-11-14(18-12)19(13(7-16)17-11)8-10-5-6-21-10/h3-4,9-10H,5-8H2,1-2H3. The Morgan fingerprint density at radius 1 is 1.50 bits per heavy atom. The molecule has 0 amide bonds. The highest BCUT2D eigenvalue weighted by atomic mass is 35.5. The molecule has 0 aliphatic carbocycles. The van der Waals surface area contributed by atoms with E-state index in [0.29, 0.717) is 12.2 Å². The van der Waals surface area contributed by atoms with Gasteiger partial charge in [0.2, 0.25) is 0 Å². The predicted molar refractivity (Wildman–Crippen MR) is 82.0 cm³/mol. The first-order valence-electron chi connectivity index (χ1n) is 7.33. The Hall–Kier alpha value is -1.66. The van der Waals surface area contributed by atoms with Gasteiger partial charge < -0.3 is 14.0 Å². The number of ether oxygens (including phenoxy) is 2. The average Bonchev–Trinajstić information content (AvgIpc) is 2.78. The Morgan fingerprint density at radius 2 is 2.27 bits per heavy atom. The van der Waals surface area contributed by atoms with Gasteiger partial charge in [-0.05, 0) is 32.4 Å². The third-order valence-corrected chi connectivity index (χ3v) is 3.76. The number of fused-ring (bicyclic) bond motifs is 1. The lowest BCUT2D eigenvalue weighted by molar-refractivity contribution is -0.0590. The molecule has 0 radical (unpaired) electrons. The van der Waals surface area contributed by atoms with Crippen molar-refractivity contribution in [3.8, 4) is 0 Å². The summed E-state index contributed by atoms with van der Waals surface area (Å²) in [6, 6.07) is 3.40. The van der Waals surface area contributed by atoms with Gasteiger partial charge >= 0.3 is 5.97 Å². The average molecular weight is 324 g/mol. The summed E-state index contributed by atoms with van der Waals surface area (Å²) in [5.41, 5.74) is 1.64. The van der Waals surface area contributed by atoms with Crippen LogP contribution in [0.15, 0.2) is 12.1 Å². The van der Waals surface area contributed by atoms with Crippen LogP contribution >= 0.6 is 11.6 Å². The van der Waals surface area contributed by atoms with E-state index in [0.717, 1.165) is 24.4 Å². The molecule has 1 aliphatic rings. The summed E-state index contributed by atoms with van der Waals surface area (Å²) < 4.78 is 12.6. The second kappa shape index (κ2) is 6.22. The van der Waals surface area contributed by atoms with Crippen LogP contribution in [0.2, 0.25) is 0 Å². The molecule has 2 aromatic rings. The van der Waals surface area contributed by atoms with Crippen LogP contribution < -0.4 is 0 Å². The van der Waals surface area contributed by atoms with Gasteiger partial charge in [-0.25, -0.2) is 14.8 Å². The molecule has 1 atom stereocenters. The van der Waals surface area contributed by atoms with Gasteiger partial charge in [0.25, 0.3) is 0 Å². The second-order valence-corrected chi connectivity index (χ2v) is 5.81. The van der Waals surface area contributed by atoms with E-state index >= 15 is 0 Å². The minimum atomic E-state index is -0.433. The topological polar surface area (TPSA) is 66.2 Å². The van der Waals surface area contributed by atoms with E-state index in [4.69, 9.17) is 21.1 Å². The molecule has 22 heavy (non-hydrogen) atoms. The van der Waals surface area contributed by atoms with Gasteiger partial charge in [0, 0.05) is 6.61 Å². The van der Waals surface area contributed by atoms with E-state index in [1.165, 1.54) is 0 Å². The molecule has 3 rings (SSSR count). The Labute approximate surface area is 133 Å². The molecule has 6 nitrogen and oxygen atoms in total. The molecule has 0 saturated carbocycles. The number of pyridine rings is 1. The lowest BCUT2D eigenvalue weighted by Gasteiger charge is -2.27. The molecule has 2 aromatic heterocycles. The van der Waals surface area contributed by atoms with Crippen molar-refractivity contribution in [2.45, 2.75) is 44.9 Å². The molecule has 1 fully saturated rings. The number of rotatable bonds is 5. The number of alkyl halides is 1. The summed E-state index contributed by atoms with van der Waals surface area (Å²) in [7, 11) is 0. The van der Waals surface area contributed by atoms with Crippen molar-refractivity contribution in [1.29, 1.82) is 0 Å². The third-order valence-electron chi connectivity index (χ3n) is 3.52. The van der Waals surface area contributed by atoms with E-state index in [1.54, 1.807) is 26.0 Å². The van der Waals surface area contributed by atoms with Crippen molar-refractivity contribution in [3.05, 3.63) is 23.7 Å². The van der Waals surface area contributed by atoms with Gasteiger partial charge in [-0.15, -0.1) is 11.6 Å². The number of imidazole rings is 1. The molecule has 118 valence electrons. The normalized spacial score (nSPS) is 17.7. The molecule has 0 N–H and O–H groups in total. The zero-order valence-corrected chi connectivity index (χ0v) is 13.3. The number of carbonyl (C=O) groups is 1. The van der Waals surface area contributed by atoms with Crippen molar-refractivity contribution in [2.24, 2.45) is 0 Å². The van der Waals surface area contributed by atoms with Crippen LogP contribution in [0.5, 0.6) is 0 Å². The highest BCUT2D eigenvalue weighted by Crippen LogP contribution is 2.21. The largest absolute Gasteiger partial charge is 0.458 e. The van der Waals surface area contributed by atoms with Crippen molar-refractivity contribution in [2.75, 3.05) is 6.61 Å². The molecular weight excluding hydrogens is 306 g/mol. The van der Waals surface area contributed by atoms with Crippen LogP contribution in [0, 0.1) is 0 Å². The van der Waals surface area contributed by atoms with Crippen LogP contribution in [0.3, 0.4) is 0 Å². The molecule has 0 bridgehead atoms. The lowest BCUT2D eigenvalue weighted by atomic mass is 10.2. The fourth-order valence-corrected chi connectivity index (χ4v) is 2.57. The third kappa shape index (κ3) is 2.94. The first kappa shape index (κ1) is 15.2. The van der Waals surface area contributed by atoms with Crippen molar-refractivity contribution < 1.29 is 14.3 Å². The Kier molecular flexibility index (Phi) is 4.31. The quantitative estimate of drug-likeness (QED) is 0.625. The number of carbonyl (C=O) groups excluding carboxylic acids is 1. The van der Waals surface area contributed by atoms with E-state index in [1.807, 2.05) is 4.57 Å². The van der Waals surface area contributed by atoms with Gasteiger partial charge in [-0.3, -0.25) is 0 Å².